The quantitative estimate of drug-likeness (QED) is 0.722. The molecule has 0 radical (unpaired) electrons. The van der Waals surface area contributed by atoms with Crippen molar-refractivity contribution in [2.45, 2.75) is 33.0 Å². The average molecular weight is 245 g/mol. The van der Waals surface area contributed by atoms with E-state index >= 15 is 0 Å². The number of methoxy groups -OCH3 is 1. The Morgan fingerprint density at radius 3 is 2.69 bits per heavy atom. The molecule has 0 saturated heterocycles. The fourth-order valence-corrected chi connectivity index (χ4v) is 1.64. The van der Waals surface area contributed by atoms with Gasteiger partial charge in [-0.05, 0) is 19.4 Å². The van der Waals surface area contributed by atoms with Crippen LogP contribution < -0.4 is 0 Å². The first-order chi connectivity index (χ1) is 7.71. The number of aromatic nitrogens is 2. The van der Waals surface area contributed by atoms with E-state index in [0.717, 1.165) is 12.1 Å². The van der Waals surface area contributed by atoms with E-state index in [2.05, 4.69) is 9.97 Å². The summed E-state index contributed by atoms with van der Waals surface area (Å²) in [7, 11) is 1.62. The van der Waals surface area contributed by atoms with E-state index in [1.54, 1.807) is 13.2 Å². The first-order valence-corrected chi connectivity index (χ1v) is 5.72. The molecule has 4 nitrogen and oxygen atoms in total. The first kappa shape index (κ1) is 13.4. The summed E-state index contributed by atoms with van der Waals surface area (Å²) < 4.78 is 10.6. The molecular formula is C11H17ClN2O2. The van der Waals surface area contributed by atoms with E-state index in [4.69, 9.17) is 21.1 Å². The fraction of sp³-hybridized carbons (Fsp3) is 0.636. The summed E-state index contributed by atoms with van der Waals surface area (Å²) in [5.74, 6) is 0.629. The van der Waals surface area contributed by atoms with Gasteiger partial charge in [0.15, 0.2) is 5.82 Å². The lowest BCUT2D eigenvalue weighted by Crippen LogP contribution is -2.10. The van der Waals surface area contributed by atoms with Gasteiger partial charge in [0.1, 0.15) is 11.3 Å². The monoisotopic (exact) mass is 244 g/mol. The van der Waals surface area contributed by atoms with Gasteiger partial charge < -0.3 is 9.47 Å². The summed E-state index contributed by atoms with van der Waals surface area (Å²) in [6, 6.07) is 1.70. The third kappa shape index (κ3) is 3.70. The van der Waals surface area contributed by atoms with E-state index in [1.165, 1.54) is 0 Å². The van der Waals surface area contributed by atoms with Crippen LogP contribution in [-0.2, 0) is 16.1 Å². The molecule has 16 heavy (non-hydrogen) atoms. The predicted molar refractivity (Wildman–Crippen MR) is 62.4 cm³/mol. The maximum absolute atomic E-state index is 5.92. The van der Waals surface area contributed by atoms with E-state index < -0.39 is 0 Å². The lowest BCUT2D eigenvalue weighted by atomic mass is 10.2. The van der Waals surface area contributed by atoms with Gasteiger partial charge in [-0.25, -0.2) is 9.97 Å². The lowest BCUT2D eigenvalue weighted by Gasteiger charge is -2.14. The molecule has 0 spiro atoms. The molecule has 1 rings (SSSR count). The van der Waals surface area contributed by atoms with Gasteiger partial charge >= 0.3 is 0 Å². The van der Waals surface area contributed by atoms with Crippen molar-refractivity contribution in [3.8, 4) is 0 Å². The van der Waals surface area contributed by atoms with Gasteiger partial charge in [0.2, 0.25) is 0 Å². The topological polar surface area (TPSA) is 44.2 Å². The third-order valence-corrected chi connectivity index (χ3v) is 2.28. The maximum atomic E-state index is 5.92. The smallest absolute Gasteiger partial charge is 0.159 e. The minimum absolute atomic E-state index is 0.0979. The van der Waals surface area contributed by atoms with Crippen molar-refractivity contribution >= 4 is 11.6 Å². The zero-order chi connectivity index (χ0) is 12.0. The Hall–Kier alpha value is -0.710. The summed E-state index contributed by atoms with van der Waals surface area (Å²) >= 11 is 5.92. The van der Waals surface area contributed by atoms with Crippen molar-refractivity contribution in [2.24, 2.45) is 0 Å². The predicted octanol–water partition coefficient (Wildman–Crippen LogP) is 2.76. The van der Waals surface area contributed by atoms with Gasteiger partial charge in [-0.15, -0.1) is 0 Å². The van der Waals surface area contributed by atoms with Gasteiger partial charge in [0, 0.05) is 13.7 Å². The van der Waals surface area contributed by atoms with E-state index in [0.29, 0.717) is 24.2 Å². The molecule has 0 aliphatic carbocycles. The molecule has 1 atom stereocenters. The van der Waals surface area contributed by atoms with Crippen LogP contribution in [0.2, 0.25) is 5.15 Å². The number of hydrogen-bond acceptors (Lipinski definition) is 4. The van der Waals surface area contributed by atoms with Gasteiger partial charge in [-0.1, -0.05) is 18.5 Å². The van der Waals surface area contributed by atoms with Crippen molar-refractivity contribution in [1.82, 2.24) is 9.97 Å². The van der Waals surface area contributed by atoms with Crippen molar-refractivity contribution in [1.29, 1.82) is 0 Å². The molecule has 0 N–H and O–H groups in total. The summed E-state index contributed by atoms with van der Waals surface area (Å²) in [5, 5.41) is 0.426. The molecule has 1 heterocycles. The van der Waals surface area contributed by atoms with Gasteiger partial charge in [-0.2, -0.15) is 0 Å². The van der Waals surface area contributed by atoms with Crippen LogP contribution >= 0.6 is 11.6 Å². The first-order valence-electron chi connectivity index (χ1n) is 5.35. The van der Waals surface area contributed by atoms with Crippen molar-refractivity contribution in [3.63, 3.8) is 0 Å². The second kappa shape index (κ2) is 6.78. The molecular weight excluding hydrogens is 228 g/mol. The molecule has 90 valence electrons. The van der Waals surface area contributed by atoms with Crippen LogP contribution in [0.3, 0.4) is 0 Å². The van der Waals surface area contributed by atoms with Crippen molar-refractivity contribution in [2.75, 3.05) is 13.7 Å². The Bertz CT molecular complexity index is 334. The van der Waals surface area contributed by atoms with Crippen LogP contribution in [0.4, 0.5) is 0 Å². The van der Waals surface area contributed by atoms with Gasteiger partial charge in [-0.3, -0.25) is 0 Å². The summed E-state index contributed by atoms with van der Waals surface area (Å²) in [6.07, 6.45) is 0.722. The number of ether oxygens (including phenoxy) is 2. The molecule has 0 bridgehead atoms. The van der Waals surface area contributed by atoms with Gasteiger partial charge in [0.25, 0.3) is 0 Å². The summed E-state index contributed by atoms with van der Waals surface area (Å²) in [5.41, 5.74) is 0.774. The number of halogens is 1. The Labute approximate surface area is 101 Å². The third-order valence-electron chi connectivity index (χ3n) is 2.08. The maximum Gasteiger partial charge on any atom is 0.159 e. The van der Waals surface area contributed by atoms with Crippen molar-refractivity contribution in [3.05, 3.63) is 22.7 Å². The second-order valence-electron chi connectivity index (χ2n) is 3.33. The molecule has 1 aromatic rings. The second-order valence-corrected chi connectivity index (χ2v) is 3.71. The number of rotatable bonds is 6. The van der Waals surface area contributed by atoms with E-state index in [1.807, 2.05) is 13.8 Å². The van der Waals surface area contributed by atoms with Crippen LogP contribution in [0, 0.1) is 0 Å². The van der Waals surface area contributed by atoms with Crippen LogP contribution in [0.15, 0.2) is 6.07 Å². The molecule has 5 heteroatoms. The SMILES string of the molecule is CCOC(CC)c1nc(Cl)cc(COC)n1. The Morgan fingerprint density at radius 1 is 1.38 bits per heavy atom. The standard InChI is InChI=1S/C11H17ClN2O2/c1-4-9(16-5-2)11-13-8(7-15-3)6-10(12)14-11/h6,9H,4-5,7H2,1-3H3. The van der Waals surface area contributed by atoms with Crippen LogP contribution in [-0.4, -0.2) is 23.7 Å². The zero-order valence-corrected chi connectivity index (χ0v) is 10.6. The molecule has 0 aromatic carbocycles. The van der Waals surface area contributed by atoms with Crippen LogP contribution in [0.5, 0.6) is 0 Å². The van der Waals surface area contributed by atoms with Crippen molar-refractivity contribution < 1.29 is 9.47 Å². The highest BCUT2D eigenvalue weighted by Gasteiger charge is 2.14. The minimum Gasteiger partial charge on any atom is -0.378 e. The Kier molecular flexibility index (Phi) is 5.66. The highest BCUT2D eigenvalue weighted by Crippen LogP contribution is 2.19. The average Bonchev–Trinajstić information content (AvgIpc) is 2.25. The largest absolute Gasteiger partial charge is 0.378 e. The summed E-state index contributed by atoms with van der Waals surface area (Å²) in [6.45, 7) is 5.04. The highest BCUT2D eigenvalue weighted by molar-refractivity contribution is 6.29. The molecule has 0 saturated carbocycles. The molecule has 0 aliphatic rings. The van der Waals surface area contributed by atoms with E-state index in [9.17, 15) is 0 Å². The molecule has 0 fully saturated rings. The normalized spacial score (nSPS) is 12.8. The summed E-state index contributed by atoms with van der Waals surface area (Å²) in [4.78, 5) is 8.55. The van der Waals surface area contributed by atoms with E-state index in [-0.39, 0.29) is 6.10 Å². The van der Waals surface area contributed by atoms with Crippen LogP contribution in [0.1, 0.15) is 37.9 Å². The Morgan fingerprint density at radius 2 is 2.12 bits per heavy atom. The molecule has 1 unspecified atom stereocenters. The highest BCUT2D eigenvalue weighted by atomic mass is 35.5. The zero-order valence-electron chi connectivity index (χ0n) is 9.86. The lowest BCUT2D eigenvalue weighted by molar-refractivity contribution is 0.0529. The number of nitrogens with zero attached hydrogens (tertiary/aromatic N) is 2. The fourth-order valence-electron chi connectivity index (χ4n) is 1.43. The van der Waals surface area contributed by atoms with Gasteiger partial charge in [0.05, 0.1) is 12.3 Å². The molecule has 1 aromatic heterocycles. The molecule has 0 amide bonds. The van der Waals surface area contributed by atoms with Crippen LogP contribution in [0.25, 0.3) is 0 Å². The Balaban J connectivity index is 2.92. The number of hydrogen-bond donors (Lipinski definition) is 0. The molecule has 0 aliphatic heterocycles. The minimum atomic E-state index is -0.0979.